The summed E-state index contributed by atoms with van der Waals surface area (Å²) in [6.07, 6.45) is 0. The van der Waals surface area contributed by atoms with Crippen molar-refractivity contribution in [2.45, 2.75) is 25.7 Å². The smallest absolute Gasteiger partial charge is 0.240 e. The SMILES string of the molecule is CCN(CCNS(=O)(=O)c1ccc(C)c(Cl)c1)c1cccc(C)c1. The van der Waals surface area contributed by atoms with Gasteiger partial charge in [-0.05, 0) is 56.2 Å². The number of halogens is 1. The van der Waals surface area contributed by atoms with Gasteiger partial charge in [-0.25, -0.2) is 13.1 Å². The highest BCUT2D eigenvalue weighted by Crippen LogP contribution is 2.20. The molecule has 0 aliphatic rings. The maximum atomic E-state index is 12.4. The highest BCUT2D eigenvalue weighted by atomic mass is 35.5. The van der Waals surface area contributed by atoms with Gasteiger partial charge < -0.3 is 4.90 Å². The van der Waals surface area contributed by atoms with Crippen LogP contribution in [0.4, 0.5) is 5.69 Å². The minimum absolute atomic E-state index is 0.191. The van der Waals surface area contributed by atoms with Gasteiger partial charge in [-0.3, -0.25) is 0 Å². The van der Waals surface area contributed by atoms with Gasteiger partial charge in [-0.15, -0.1) is 0 Å². The van der Waals surface area contributed by atoms with Crippen LogP contribution in [0.15, 0.2) is 47.4 Å². The van der Waals surface area contributed by atoms with Gasteiger partial charge in [0.25, 0.3) is 0 Å². The molecule has 0 aromatic heterocycles. The van der Waals surface area contributed by atoms with E-state index in [1.165, 1.54) is 11.6 Å². The Kier molecular flexibility index (Phi) is 6.27. The number of rotatable bonds is 7. The summed E-state index contributed by atoms with van der Waals surface area (Å²) in [7, 11) is -3.55. The number of hydrogen-bond acceptors (Lipinski definition) is 3. The standard InChI is InChI=1S/C18H23ClN2O2S/c1-4-21(16-7-5-6-14(2)12-16)11-10-20-24(22,23)17-9-8-15(3)18(19)13-17/h5-9,12-13,20H,4,10-11H2,1-3H3. The number of benzene rings is 2. The van der Waals surface area contributed by atoms with Crippen molar-refractivity contribution < 1.29 is 8.42 Å². The van der Waals surface area contributed by atoms with Gasteiger partial charge in [0.15, 0.2) is 0 Å². The highest BCUT2D eigenvalue weighted by molar-refractivity contribution is 7.89. The molecule has 0 saturated carbocycles. The van der Waals surface area contributed by atoms with Crippen LogP contribution in [-0.2, 0) is 10.0 Å². The topological polar surface area (TPSA) is 49.4 Å². The summed E-state index contributed by atoms with van der Waals surface area (Å²) in [5.74, 6) is 0. The number of nitrogens with zero attached hydrogens (tertiary/aromatic N) is 1. The third-order valence-corrected chi connectivity index (χ3v) is 5.74. The Balaban J connectivity index is 2.02. The quantitative estimate of drug-likeness (QED) is 0.811. The van der Waals surface area contributed by atoms with Gasteiger partial charge in [0.2, 0.25) is 10.0 Å². The summed E-state index contributed by atoms with van der Waals surface area (Å²) in [5.41, 5.74) is 3.13. The fourth-order valence-electron chi connectivity index (χ4n) is 2.43. The lowest BCUT2D eigenvalue weighted by Crippen LogP contribution is -2.35. The fraction of sp³-hybridized carbons (Fsp3) is 0.333. The van der Waals surface area contributed by atoms with E-state index in [2.05, 4.69) is 22.6 Å². The summed E-state index contributed by atoms with van der Waals surface area (Å²) in [5, 5.41) is 0.452. The Hall–Kier alpha value is -1.56. The first-order valence-corrected chi connectivity index (χ1v) is 9.77. The summed E-state index contributed by atoms with van der Waals surface area (Å²) >= 11 is 6.02. The lowest BCUT2D eigenvalue weighted by atomic mass is 10.2. The van der Waals surface area contributed by atoms with Gasteiger partial charge in [0.05, 0.1) is 4.90 Å². The molecule has 0 bridgehead atoms. The zero-order chi connectivity index (χ0) is 17.7. The third-order valence-electron chi connectivity index (χ3n) is 3.88. The molecular weight excluding hydrogens is 344 g/mol. The molecule has 6 heteroatoms. The molecule has 1 N–H and O–H groups in total. The molecule has 0 spiro atoms. The van der Waals surface area contributed by atoms with Crippen molar-refractivity contribution in [1.29, 1.82) is 0 Å². The fourth-order valence-corrected chi connectivity index (χ4v) is 3.73. The molecule has 4 nitrogen and oxygen atoms in total. The van der Waals surface area contributed by atoms with E-state index in [0.29, 0.717) is 18.1 Å². The second kappa shape index (κ2) is 8.01. The van der Waals surface area contributed by atoms with Crippen molar-refractivity contribution in [3.05, 3.63) is 58.6 Å². The molecule has 130 valence electrons. The predicted octanol–water partition coefficient (Wildman–Crippen LogP) is 3.76. The normalized spacial score (nSPS) is 11.5. The van der Waals surface area contributed by atoms with Crippen LogP contribution in [0.2, 0.25) is 5.02 Å². The molecule has 0 saturated heterocycles. The number of anilines is 1. The molecule has 0 amide bonds. The van der Waals surface area contributed by atoms with Gasteiger partial charge in [-0.2, -0.15) is 0 Å². The second-order valence-electron chi connectivity index (χ2n) is 5.73. The van der Waals surface area contributed by atoms with Crippen LogP contribution in [0.5, 0.6) is 0 Å². The monoisotopic (exact) mass is 366 g/mol. The minimum Gasteiger partial charge on any atom is -0.370 e. The number of nitrogens with one attached hydrogen (secondary N) is 1. The van der Waals surface area contributed by atoms with Gasteiger partial charge in [0, 0.05) is 30.3 Å². The zero-order valence-electron chi connectivity index (χ0n) is 14.2. The summed E-state index contributed by atoms with van der Waals surface area (Å²) in [6.45, 7) is 7.67. The Morgan fingerprint density at radius 2 is 1.88 bits per heavy atom. The number of hydrogen-bond donors (Lipinski definition) is 1. The third kappa shape index (κ3) is 4.72. The van der Waals surface area contributed by atoms with E-state index >= 15 is 0 Å². The van der Waals surface area contributed by atoms with Crippen molar-refractivity contribution >= 4 is 27.3 Å². The Morgan fingerprint density at radius 1 is 1.12 bits per heavy atom. The Labute approximate surface area is 149 Å². The van der Waals surface area contributed by atoms with E-state index in [0.717, 1.165) is 17.8 Å². The molecule has 0 atom stereocenters. The number of sulfonamides is 1. The first-order chi connectivity index (χ1) is 11.3. The van der Waals surface area contributed by atoms with Crippen LogP contribution in [0.1, 0.15) is 18.1 Å². The molecule has 0 aliphatic heterocycles. The molecule has 0 unspecified atom stereocenters. The van der Waals surface area contributed by atoms with Crippen LogP contribution in [0, 0.1) is 13.8 Å². The van der Waals surface area contributed by atoms with Crippen LogP contribution < -0.4 is 9.62 Å². The first-order valence-electron chi connectivity index (χ1n) is 7.91. The van der Waals surface area contributed by atoms with Crippen molar-refractivity contribution in [2.24, 2.45) is 0 Å². The van der Waals surface area contributed by atoms with Crippen molar-refractivity contribution in [3.8, 4) is 0 Å². The van der Waals surface area contributed by atoms with E-state index in [1.807, 2.05) is 32.0 Å². The van der Waals surface area contributed by atoms with Crippen LogP contribution >= 0.6 is 11.6 Å². The average Bonchev–Trinajstić information content (AvgIpc) is 2.54. The van der Waals surface area contributed by atoms with E-state index in [9.17, 15) is 8.42 Å². The van der Waals surface area contributed by atoms with E-state index in [4.69, 9.17) is 11.6 Å². The molecule has 24 heavy (non-hydrogen) atoms. The largest absolute Gasteiger partial charge is 0.370 e. The molecule has 0 heterocycles. The summed E-state index contributed by atoms with van der Waals surface area (Å²) in [6, 6.07) is 12.9. The van der Waals surface area contributed by atoms with Crippen molar-refractivity contribution in [1.82, 2.24) is 4.72 Å². The molecule has 0 fully saturated rings. The maximum absolute atomic E-state index is 12.4. The Bertz CT molecular complexity index is 806. The maximum Gasteiger partial charge on any atom is 0.240 e. The Morgan fingerprint density at radius 3 is 2.50 bits per heavy atom. The van der Waals surface area contributed by atoms with E-state index in [1.54, 1.807) is 12.1 Å². The van der Waals surface area contributed by atoms with Crippen LogP contribution in [0.25, 0.3) is 0 Å². The summed E-state index contributed by atoms with van der Waals surface area (Å²) in [4.78, 5) is 2.33. The molecule has 0 radical (unpaired) electrons. The zero-order valence-corrected chi connectivity index (χ0v) is 15.8. The predicted molar refractivity (Wildman–Crippen MR) is 100 cm³/mol. The molecule has 2 aromatic rings. The second-order valence-corrected chi connectivity index (χ2v) is 7.90. The van der Waals surface area contributed by atoms with Gasteiger partial charge >= 0.3 is 0 Å². The highest BCUT2D eigenvalue weighted by Gasteiger charge is 2.15. The van der Waals surface area contributed by atoms with Gasteiger partial charge in [0.1, 0.15) is 0 Å². The minimum atomic E-state index is -3.55. The molecular formula is C18H23ClN2O2S. The van der Waals surface area contributed by atoms with E-state index in [-0.39, 0.29) is 4.90 Å². The number of likely N-dealkylation sites (N-methyl/N-ethyl adjacent to an activating group) is 1. The van der Waals surface area contributed by atoms with Crippen molar-refractivity contribution in [2.75, 3.05) is 24.5 Å². The van der Waals surface area contributed by atoms with Crippen LogP contribution in [0.3, 0.4) is 0 Å². The summed E-state index contributed by atoms with van der Waals surface area (Å²) < 4.78 is 27.4. The van der Waals surface area contributed by atoms with Gasteiger partial charge in [-0.1, -0.05) is 29.8 Å². The average molecular weight is 367 g/mol. The van der Waals surface area contributed by atoms with E-state index < -0.39 is 10.0 Å². The molecule has 2 rings (SSSR count). The number of aryl methyl sites for hydroxylation is 2. The molecule has 2 aromatic carbocycles. The first kappa shape index (κ1) is 18.8. The van der Waals surface area contributed by atoms with Crippen molar-refractivity contribution in [3.63, 3.8) is 0 Å². The van der Waals surface area contributed by atoms with Crippen LogP contribution in [-0.4, -0.2) is 28.1 Å². The molecule has 0 aliphatic carbocycles. The lowest BCUT2D eigenvalue weighted by Gasteiger charge is -2.23. The lowest BCUT2D eigenvalue weighted by molar-refractivity contribution is 0.581.